The Morgan fingerprint density at radius 3 is 2.53 bits per heavy atom. The zero-order valence-electron chi connectivity index (χ0n) is 11.6. The average Bonchev–Trinajstić information content (AvgIpc) is 2.30. The smallest absolute Gasteiger partial charge is 0.360 e. The molecule has 0 spiro atoms. The zero-order valence-corrected chi connectivity index (χ0v) is 11.6. The van der Waals surface area contributed by atoms with Gasteiger partial charge >= 0.3 is 5.97 Å². The van der Waals surface area contributed by atoms with Crippen molar-refractivity contribution in [3.05, 3.63) is 17.5 Å². The number of ether oxygens (including phenoxy) is 2. The number of hydrogen-bond donors (Lipinski definition) is 0. The summed E-state index contributed by atoms with van der Waals surface area (Å²) in [4.78, 5) is 29.8. The first-order valence-corrected chi connectivity index (χ1v) is 5.65. The van der Waals surface area contributed by atoms with E-state index in [1.54, 1.807) is 13.0 Å². The number of carbonyl (C=O) groups is 1. The van der Waals surface area contributed by atoms with E-state index in [2.05, 4.69) is 14.7 Å². The van der Waals surface area contributed by atoms with Gasteiger partial charge in [-0.05, 0) is 33.8 Å². The van der Waals surface area contributed by atoms with Crippen LogP contribution in [0.2, 0.25) is 0 Å². The lowest BCUT2D eigenvalue weighted by Gasteiger charge is -2.23. The minimum atomic E-state index is -0.648. The maximum atomic E-state index is 11.7. The molecule has 0 N–H and O–H groups in total. The molecule has 1 aromatic heterocycles. The number of pyridine rings is 1. The molecular weight excluding hydrogens is 248 g/mol. The van der Waals surface area contributed by atoms with Crippen LogP contribution in [0.5, 0.6) is 5.75 Å². The summed E-state index contributed by atoms with van der Waals surface area (Å²) < 4.78 is 10.3. The zero-order chi connectivity index (χ0) is 14.6. The molecule has 0 bridgehead atoms. The molecular formula is C13H16N2O4. The van der Waals surface area contributed by atoms with Crippen LogP contribution in [0.1, 0.15) is 37.0 Å². The van der Waals surface area contributed by atoms with Crippen molar-refractivity contribution in [1.82, 2.24) is 4.98 Å². The van der Waals surface area contributed by atoms with Crippen molar-refractivity contribution in [2.75, 3.05) is 7.11 Å². The molecule has 0 aliphatic rings. The minimum absolute atomic E-state index is 0.00794. The van der Waals surface area contributed by atoms with E-state index in [0.29, 0.717) is 5.69 Å². The molecule has 6 heteroatoms. The maximum absolute atomic E-state index is 11.7. The molecule has 0 saturated heterocycles. The molecule has 0 aromatic carbocycles. The standard InChI is InChI=1S/C13H16N2O4/c1-8-6-9(14-7-16)11(19-13(2,3)4)10(15-8)12(17)18-5/h6H,1-5H3. The number of isocyanates is 1. The lowest BCUT2D eigenvalue weighted by molar-refractivity contribution is 0.0578. The number of aryl methyl sites for hydroxylation is 1. The molecule has 0 unspecified atom stereocenters. The molecule has 0 atom stereocenters. The number of aromatic nitrogens is 1. The molecule has 1 aromatic rings. The van der Waals surface area contributed by atoms with E-state index in [9.17, 15) is 9.59 Å². The normalized spacial score (nSPS) is 10.6. The maximum Gasteiger partial charge on any atom is 0.360 e. The number of aliphatic imine (C=N–C) groups is 1. The van der Waals surface area contributed by atoms with Gasteiger partial charge in [0.05, 0.1) is 7.11 Å². The van der Waals surface area contributed by atoms with E-state index in [-0.39, 0.29) is 17.1 Å². The summed E-state index contributed by atoms with van der Waals surface area (Å²) in [6.07, 6.45) is 1.44. The van der Waals surface area contributed by atoms with Crippen LogP contribution in [0.25, 0.3) is 0 Å². The Morgan fingerprint density at radius 2 is 2.05 bits per heavy atom. The Bertz CT molecular complexity index is 540. The lowest BCUT2D eigenvalue weighted by atomic mass is 10.1. The highest BCUT2D eigenvalue weighted by Crippen LogP contribution is 2.34. The number of methoxy groups -OCH3 is 1. The van der Waals surface area contributed by atoms with E-state index in [0.717, 1.165) is 0 Å². The third kappa shape index (κ3) is 3.89. The molecule has 0 amide bonds. The van der Waals surface area contributed by atoms with E-state index < -0.39 is 11.6 Å². The summed E-state index contributed by atoms with van der Waals surface area (Å²) in [5.41, 5.74) is 0.146. The quantitative estimate of drug-likeness (QED) is 0.475. The second-order valence-electron chi connectivity index (χ2n) is 4.87. The summed E-state index contributed by atoms with van der Waals surface area (Å²) in [7, 11) is 1.25. The Labute approximate surface area is 111 Å². The molecule has 1 heterocycles. The molecule has 1 rings (SSSR count). The van der Waals surface area contributed by atoms with Crippen molar-refractivity contribution in [1.29, 1.82) is 0 Å². The highest BCUT2D eigenvalue weighted by Gasteiger charge is 2.24. The van der Waals surface area contributed by atoms with Crippen LogP contribution in [0.3, 0.4) is 0 Å². The van der Waals surface area contributed by atoms with Gasteiger partial charge < -0.3 is 9.47 Å². The highest BCUT2D eigenvalue weighted by atomic mass is 16.5. The van der Waals surface area contributed by atoms with Gasteiger partial charge in [0.1, 0.15) is 11.3 Å². The molecule has 6 nitrogen and oxygen atoms in total. The molecule has 0 radical (unpaired) electrons. The molecule has 19 heavy (non-hydrogen) atoms. The molecule has 0 aliphatic heterocycles. The van der Waals surface area contributed by atoms with Crippen LogP contribution < -0.4 is 4.74 Å². The second-order valence-corrected chi connectivity index (χ2v) is 4.87. The predicted molar refractivity (Wildman–Crippen MR) is 68.5 cm³/mol. The second kappa shape index (κ2) is 5.63. The first kappa shape index (κ1) is 14.9. The first-order chi connectivity index (χ1) is 8.78. The fourth-order valence-electron chi connectivity index (χ4n) is 1.42. The molecule has 0 fully saturated rings. The van der Waals surface area contributed by atoms with Crippen molar-refractivity contribution < 1.29 is 19.1 Å². The van der Waals surface area contributed by atoms with Crippen LogP contribution >= 0.6 is 0 Å². The van der Waals surface area contributed by atoms with Gasteiger partial charge in [0.25, 0.3) is 0 Å². The summed E-state index contributed by atoms with van der Waals surface area (Å²) in [6, 6.07) is 1.54. The Kier molecular flexibility index (Phi) is 4.40. The number of rotatable bonds is 3. The number of carbonyl (C=O) groups excluding carboxylic acids is 2. The average molecular weight is 264 g/mol. The SMILES string of the molecule is COC(=O)c1nc(C)cc(N=C=O)c1OC(C)(C)C. The van der Waals surface area contributed by atoms with Gasteiger partial charge in [-0.2, -0.15) is 4.99 Å². The lowest BCUT2D eigenvalue weighted by Crippen LogP contribution is -2.25. The van der Waals surface area contributed by atoms with Crippen molar-refractivity contribution in [3.8, 4) is 5.75 Å². The number of hydrogen-bond acceptors (Lipinski definition) is 6. The fraction of sp³-hybridized carbons (Fsp3) is 0.462. The number of nitrogens with zero attached hydrogens (tertiary/aromatic N) is 2. The van der Waals surface area contributed by atoms with Gasteiger partial charge in [0.2, 0.25) is 6.08 Å². The van der Waals surface area contributed by atoms with Gasteiger partial charge in [0.15, 0.2) is 11.4 Å². The van der Waals surface area contributed by atoms with Crippen molar-refractivity contribution in [2.24, 2.45) is 4.99 Å². The van der Waals surface area contributed by atoms with Crippen LogP contribution in [0.4, 0.5) is 5.69 Å². The Morgan fingerprint density at radius 1 is 1.42 bits per heavy atom. The number of esters is 1. The largest absolute Gasteiger partial charge is 0.483 e. The van der Waals surface area contributed by atoms with Crippen molar-refractivity contribution in [2.45, 2.75) is 33.3 Å². The first-order valence-electron chi connectivity index (χ1n) is 5.65. The van der Waals surface area contributed by atoms with E-state index >= 15 is 0 Å². The van der Waals surface area contributed by atoms with Crippen LogP contribution in [-0.4, -0.2) is 29.7 Å². The molecule has 102 valence electrons. The fourth-order valence-corrected chi connectivity index (χ4v) is 1.42. The van der Waals surface area contributed by atoms with E-state index in [1.165, 1.54) is 13.2 Å². The van der Waals surface area contributed by atoms with Gasteiger partial charge in [-0.25, -0.2) is 14.6 Å². The topological polar surface area (TPSA) is 77.9 Å². The van der Waals surface area contributed by atoms with Crippen LogP contribution in [-0.2, 0) is 9.53 Å². The molecule has 0 aliphatic carbocycles. The molecule has 0 saturated carbocycles. The van der Waals surface area contributed by atoms with Gasteiger partial charge in [-0.3, -0.25) is 0 Å². The highest BCUT2D eigenvalue weighted by molar-refractivity contribution is 5.92. The third-order valence-electron chi connectivity index (χ3n) is 2.03. The van der Waals surface area contributed by atoms with Crippen molar-refractivity contribution in [3.63, 3.8) is 0 Å². The van der Waals surface area contributed by atoms with Crippen LogP contribution in [0, 0.1) is 6.92 Å². The predicted octanol–water partition coefficient (Wildman–Crippen LogP) is 2.32. The third-order valence-corrected chi connectivity index (χ3v) is 2.03. The van der Waals surface area contributed by atoms with Gasteiger partial charge in [0, 0.05) is 5.69 Å². The Balaban J connectivity index is 3.51. The monoisotopic (exact) mass is 264 g/mol. The van der Waals surface area contributed by atoms with Gasteiger partial charge in [-0.15, -0.1) is 0 Å². The summed E-state index contributed by atoms with van der Waals surface area (Å²) in [5.74, 6) is -0.529. The van der Waals surface area contributed by atoms with Gasteiger partial charge in [-0.1, -0.05) is 0 Å². The summed E-state index contributed by atoms with van der Waals surface area (Å²) in [5, 5.41) is 0. The van der Waals surface area contributed by atoms with Crippen LogP contribution in [0.15, 0.2) is 11.1 Å². The van der Waals surface area contributed by atoms with Crippen molar-refractivity contribution >= 4 is 17.7 Å². The Hall–Kier alpha value is -2.20. The minimum Gasteiger partial charge on any atom is -0.483 e. The summed E-state index contributed by atoms with van der Waals surface area (Å²) >= 11 is 0. The van der Waals surface area contributed by atoms with E-state index in [4.69, 9.17) is 4.74 Å². The summed E-state index contributed by atoms with van der Waals surface area (Å²) in [6.45, 7) is 7.10. The van der Waals surface area contributed by atoms with E-state index in [1.807, 2.05) is 20.8 Å².